The second-order valence-corrected chi connectivity index (χ2v) is 6.67. The summed E-state index contributed by atoms with van der Waals surface area (Å²) in [6, 6.07) is 1.95. The molecule has 0 atom stereocenters. The molecule has 0 bridgehead atoms. The van der Waals surface area contributed by atoms with E-state index in [1.807, 2.05) is 0 Å². The van der Waals surface area contributed by atoms with E-state index < -0.39 is 27.4 Å². The number of carbonyl (C=O) groups is 1. The Bertz CT molecular complexity index is 667. The number of hydrogen-bond acceptors (Lipinski definition) is 3. The molecule has 5 nitrogen and oxygen atoms in total. The molecule has 0 amide bonds. The van der Waals surface area contributed by atoms with Gasteiger partial charge in [0.15, 0.2) is 0 Å². The number of halogens is 1. The molecular weight excluding hydrogens is 285 g/mol. The van der Waals surface area contributed by atoms with Crippen molar-refractivity contribution in [3.8, 4) is 0 Å². The first kappa shape index (κ1) is 16.3. The number of hydrogen-bond donors (Lipinski definition) is 1. The van der Waals surface area contributed by atoms with E-state index in [1.54, 1.807) is 6.92 Å². The summed E-state index contributed by atoms with van der Waals surface area (Å²) in [5.41, 5.74) is -0.0622. The van der Waals surface area contributed by atoms with E-state index >= 15 is 0 Å². The van der Waals surface area contributed by atoms with Crippen molar-refractivity contribution in [3.63, 3.8) is 0 Å². The summed E-state index contributed by atoms with van der Waals surface area (Å²) < 4.78 is 39.2. The van der Waals surface area contributed by atoms with Crippen molar-refractivity contribution in [2.75, 3.05) is 13.6 Å². The van der Waals surface area contributed by atoms with Gasteiger partial charge in [0.2, 0.25) is 10.0 Å². The average molecular weight is 301 g/mol. The highest BCUT2D eigenvalue weighted by atomic mass is 32.2. The summed E-state index contributed by atoms with van der Waals surface area (Å²) >= 11 is 0. The van der Waals surface area contributed by atoms with Crippen molar-refractivity contribution < 1.29 is 22.7 Å². The van der Waals surface area contributed by atoms with Crippen molar-refractivity contribution in [1.29, 1.82) is 0 Å². The van der Waals surface area contributed by atoms with Crippen LogP contribution in [0.3, 0.4) is 0 Å². The molecular formula is C13H16FNO4S. The van der Waals surface area contributed by atoms with E-state index in [4.69, 9.17) is 5.11 Å². The van der Waals surface area contributed by atoms with Gasteiger partial charge in [-0.15, -0.1) is 0 Å². The van der Waals surface area contributed by atoms with Crippen LogP contribution in [-0.4, -0.2) is 37.4 Å². The average Bonchev–Trinajstić information content (AvgIpc) is 2.30. The van der Waals surface area contributed by atoms with Gasteiger partial charge in [-0.3, -0.25) is 0 Å². The molecule has 110 valence electrons. The number of sulfonamides is 1. The lowest BCUT2D eigenvalue weighted by Gasteiger charge is -2.18. The SMILES string of the molecule is C=C(C)CN(C)S(=O)(=O)c1cc(C)c(F)c(C(=O)O)c1. The van der Waals surface area contributed by atoms with Crippen molar-refractivity contribution in [3.05, 3.63) is 41.2 Å². The van der Waals surface area contributed by atoms with E-state index in [1.165, 1.54) is 14.0 Å². The minimum Gasteiger partial charge on any atom is -0.478 e. The highest BCUT2D eigenvalue weighted by molar-refractivity contribution is 7.89. The van der Waals surface area contributed by atoms with Gasteiger partial charge in [0.1, 0.15) is 5.82 Å². The van der Waals surface area contributed by atoms with Crippen LogP contribution in [0, 0.1) is 12.7 Å². The van der Waals surface area contributed by atoms with Crippen LogP contribution in [0.2, 0.25) is 0 Å². The van der Waals surface area contributed by atoms with Gasteiger partial charge in [0, 0.05) is 13.6 Å². The van der Waals surface area contributed by atoms with E-state index in [-0.39, 0.29) is 17.0 Å². The second-order valence-electron chi connectivity index (χ2n) is 4.63. The van der Waals surface area contributed by atoms with Crippen LogP contribution >= 0.6 is 0 Å². The van der Waals surface area contributed by atoms with Gasteiger partial charge >= 0.3 is 5.97 Å². The molecule has 0 heterocycles. The number of aryl methyl sites for hydroxylation is 1. The van der Waals surface area contributed by atoms with Gasteiger partial charge in [-0.05, 0) is 31.5 Å². The molecule has 0 fully saturated rings. The lowest BCUT2D eigenvalue weighted by molar-refractivity contribution is 0.0691. The fraction of sp³-hybridized carbons (Fsp3) is 0.308. The zero-order valence-electron chi connectivity index (χ0n) is 11.5. The van der Waals surface area contributed by atoms with Crippen LogP contribution in [0.15, 0.2) is 29.2 Å². The molecule has 1 N–H and O–H groups in total. The van der Waals surface area contributed by atoms with Crippen LogP contribution in [0.1, 0.15) is 22.8 Å². The Morgan fingerprint density at radius 1 is 1.45 bits per heavy atom. The number of likely N-dealkylation sites (N-methyl/N-ethyl adjacent to an activating group) is 1. The third-order valence-corrected chi connectivity index (χ3v) is 4.44. The molecule has 0 aromatic heterocycles. The van der Waals surface area contributed by atoms with Crippen molar-refractivity contribution in [2.45, 2.75) is 18.7 Å². The van der Waals surface area contributed by atoms with Crippen LogP contribution in [0.5, 0.6) is 0 Å². The molecule has 0 radical (unpaired) electrons. The van der Waals surface area contributed by atoms with Gasteiger partial charge in [-0.2, -0.15) is 4.31 Å². The molecule has 0 aliphatic rings. The molecule has 1 rings (SSSR count). The van der Waals surface area contributed by atoms with Crippen LogP contribution < -0.4 is 0 Å². The Kier molecular flexibility index (Phi) is 4.67. The summed E-state index contributed by atoms with van der Waals surface area (Å²) in [6.07, 6.45) is 0. The summed E-state index contributed by atoms with van der Waals surface area (Å²) in [6.45, 7) is 6.71. The molecule has 20 heavy (non-hydrogen) atoms. The van der Waals surface area contributed by atoms with Gasteiger partial charge in [-0.1, -0.05) is 12.2 Å². The Hall–Kier alpha value is -1.73. The molecule has 7 heteroatoms. The predicted octanol–water partition coefficient (Wildman–Crippen LogP) is 2.03. The maximum Gasteiger partial charge on any atom is 0.338 e. The number of carboxylic acid groups (broad SMARTS) is 1. The third-order valence-electron chi connectivity index (χ3n) is 2.66. The molecule has 0 spiro atoms. The summed E-state index contributed by atoms with van der Waals surface area (Å²) in [5.74, 6) is -2.44. The Morgan fingerprint density at radius 3 is 2.45 bits per heavy atom. The number of aromatic carboxylic acids is 1. The molecule has 1 aromatic rings. The van der Waals surface area contributed by atoms with E-state index in [9.17, 15) is 17.6 Å². The number of benzene rings is 1. The fourth-order valence-corrected chi connectivity index (χ4v) is 3.03. The number of rotatable bonds is 5. The molecule has 1 aromatic carbocycles. The zero-order valence-corrected chi connectivity index (χ0v) is 12.3. The molecule has 0 saturated carbocycles. The van der Waals surface area contributed by atoms with Crippen LogP contribution in [0.25, 0.3) is 0 Å². The van der Waals surface area contributed by atoms with Gasteiger partial charge in [0.05, 0.1) is 10.5 Å². The first-order valence-corrected chi connectivity index (χ1v) is 7.15. The van der Waals surface area contributed by atoms with Crippen molar-refractivity contribution in [1.82, 2.24) is 4.31 Å². The summed E-state index contributed by atoms with van der Waals surface area (Å²) in [5, 5.41) is 8.90. The van der Waals surface area contributed by atoms with E-state index in [0.29, 0.717) is 5.57 Å². The fourth-order valence-electron chi connectivity index (χ4n) is 1.69. The highest BCUT2D eigenvalue weighted by Crippen LogP contribution is 2.22. The molecule has 0 saturated heterocycles. The minimum atomic E-state index is -3.89. The number of nitrogens with zero attached hydrogens (tertiary/aromatic N) is 1. The largest absolute Gasteiger partial charge is 0.478 e. The Labute approximate surface area is 117 Å². The quantitative estimate of drug-likeness (QED) is 0.844. The smallest absolute Gasteiger partial charge is 0.338 e. The lowest BCUT2D eigenvalue weighted by Crippen LogP contribution is -2.28. The minimum absolute atomic E-state index is 0.0350. The molecule has 0 aliphatic carbocycles. The predicted molar refractivity (Wildman–Crippen MR) is 72.7 cm³/mol. The van der Waals surface area contributed by atoms with Crippen molar-refractivity contribution >= 4 is 16.0 Å². The first-order valence-electron chi connectivity index (χ1n) is 5.71. The Balaban J connectivity index is 3.40. The molecule has 0 unspecified atom stereocenters. The third kappa shape index (κ3) is 3.23. The maximum absolute atomic E-state index is 13.6. The summed E-state index contributed by atoms with van der Waals surface area (Å²) in [7, 11) is -2.54. The van der Waals surface area contributed by atoms with Gasteiger partial charge in [-0.25, -0.2) is 17.6 Å². The standard InChI is InChI=1S/C13H16FNO4S/c1-8(2)7-15(4)20(18,19)10-5-9(3)12(14)11(6-10)13(16)17/h5-6H,1,7H2,2-4H3,(H,16,17). The summed E-state index contributed by atoms with van der Waals surface area (Å²) in [4.78, 5) is 10.7. The topological polar surface area (TPSA) is 74.7 Å². The van der Waals surface area contributed by atoms with Gasteiger partial charge in [0.25, 0.3) is 0 Å². The van der Waals surface area contributed by atoms with Crippen LogP contribution in [-0.2, 0) is 10.0 Å². The van der Waals surface area contributed by atoms with Crippen molar-refractivity contribution in [2.24, 2.45) is 0 Å². The van der Waals surface area contributed by atoms with Gasteiger partial charge < -0.3 is 5.11 Å². The van der Waals surface area contributed by atoms with Crippen LogP contribution in [0.4, 0.5) is 4.39 Å². The maximum atomic E-state index is 13.6. The van der Waals surface area contributed by atoms with E-state index in [0.717, 1.165) is 16.4 Å². The van der Waals surface area contributed by atoms with E-state index in [2.05, 4.69) is 6.58 Å². The monoisotopic (exact) mass is 301 g/mol. The lowest BCUT2D eigenvalue weighted by atomic mass is 10.1. The highest BCUT2D eigenvalue weighted by Gasteiger charge is 2.24. The first-order chi connectivity index (χ1) is 9.07. The second kappa shape index (κ2) is 5.72. The molecule has 0 aliphatic heterocycles. The zero-order chi connectivity index (χ0) is 15.7. The number of carboxylic acids is 1. The Morgan fingerprint density at radius 2 is 2.00 bits per heavy atom. The normalized spacial score (nSPS) is 11.7.